The molecule has 12 aromatic rings. The first-order chi connectivity index (χ1) is 30.2. The predicted molar refractivity (Wildman–Crippen MR) is 257 cm³/mol. The maximum atomic E-state index is 6.75. The fourth-order valence-corrected chi connectivity index (χ4v) is 9.30. The third-order valence-electron chi connectivity index (χ3n) is 12.2. The molecule has 3 nitrogen and oxygen atoms in total. The summed E-state index contributed by atoms with van der Waals surface area (Å²) in [6.45, 7) is 0. The zero-order chi connectivity index (χ0) is 40.3. The van der Waals surface area contributed by atoms with Crippen LogP contribution in [0, 0.1) is 0 Å². The van der Waals surface area contributed by atoms with Crippen molar-refractivity contribution >= 4 is 71.6 Å². The van der Waals surface area contributed by atoms with E-state index in [2.05, 4.69) is 240 Å². The molecule has 0 atom stereocenters. The number of nitrogens with zero attached hydrogens (tertiary/aromatic N) is 2. The van der Waals surface area contributed by atoms with Gasteiger partial charge in [0.25, 0.3) is 0 Å². The van der Waals surface area contributed by atoms with Gasteiger partial charge in [-0.2, -0.15) is 0 Å². The molecule has 0 spiro atoms. The standard InChI is InChI=1S/C58H38N2O/c1-4-13-39(14-5-1)40-23-25-41(26-24-40)42-27-32-47(33-28-42)59(45-15-6-2-7-16-45)48-34-29-43-31-36-55-57(53(43)38-48)52-35-30-44(37-56(52)61-55)49-20-12-21-51-50-19-10-11-22-54(50)60(58(49)51)46-17-8-3-9-18-46/h1-38H. The quantitative estimate of drug-likeness (QED) is 0.161. The number of hydrogen-bond acceptors (Lipinski definition) is 2. The van der Waals surface area contributed by atoms with Crippen molar-refractivity contribution in [3.05, 3.63) is 231 Å². The van der Waals surface area contributed by atoms with Crippen LogP contribution in [0.4, 0.5) is 17.1 Å². The van der Waals surface area contributed by atoms with Crippen molar-refractivity contribution in [2.45, 2.75) is 0 Å². The number of anilines is 3. The monoisotopic (exact) mass is 778 g/mol. The maximum Gasteiger partial charge on any atom is 0.136 e. The van der Waals surface area contributed by atoms with Crippen LogP contribution < -0.4 is 4.90 Å². The SMILES string of the molecule is c1ccc(-c2ccc(-c3ccc(N(c4ccccc4)c4ccc5ccc6oc7cc(-c8cccc9c%10ccccc%10n(-c%10ccccc%10)c89)ccc7c6c5c4)cc3)cc2)cc1. The van der Waals surface area contributed by atoms with Gasteiger partial charge in [0.05, 0.1) is 11.0 Å². The van der Waals surface area contributed by atoms with Gasteiger partial charge >= 0.3 is 0 Å². The number of aromatic nitrogens is 1. The molecule has 12 rings (SSSR count). The minimum atomic E-state index is 0.872. The highest BCUT2D eigenvalue weighted by atomic mass is 16.3. The van der Waals surface area contributed by atoms with Crippen LogP contribution in [-0.4, -0.2) is 4.57 Å². The van der Waals surface area contributed by atoms with E-state index in [0.717, 1.165) is 55.6 Å². The van der Waals surface area contributed by atoms with Gasteiger partial charge in [-0.15, -0.1) is 0 Å². The van der Waals surface area contributed by atoms with Crippen LogP contribution in [0.2, 0.25) is 0 Å². The van der Waals surface area contributed by atoms with E-state index in [1.54, 1.807) is 0 Å². The van der Waals surface area contributed by atoms with Gasteiger partial charge in [-0.25, -0.2) is 0 Å². The summed E-state index contributed by atoms with van der Waals surface area (Å²) in [7, 11) is 0. The Hall–Kier alpha value is -8.14. The summed E-state index contributed by atoms with van der Waals surface area (Å²) < 4.78 is 9.14. The number of fused-ring (bicyclic) bond motifs is 8. The Morgan fingerprint density at radius 2 is 0.918 bits per heavy atom. The number of benzene rings is 10. The summed E-state index contributed by atoms with van der Waals surface area (Å²) in [4.78, 5) is 2.34. The lowest BCUT2D eigenvalue weighted by Gasteiger charge is -2.26. The predicted octanol–water partition coefficient (Wildman–Crippen LogP) is 16.3. The van der Waals surface area contributed by atoms with E-state index >= 15 is 0 Å². The van der Waals surface area contributed by atoms with Gasteiger partial charge in [-0.05, 0) is 111 Å². The van der Waals surface area contributed by atoms with Gasteiger partial charge in [-0.1, -0.05) is 158 Å². The van der Waals surface area contributed by atoms with E-state index < -0.39 is 0 Å². The second-order valence-corrected chi connectivity index (χ2v) is 15.7. The third kappa shape index (κ3) is 5.90. The van der Waals surface area contributed by atoms with Gasteiger partial charge in [0.1, 0.15) is 11.2 Å². The molecule has 0 aliphatic heterocycles. The van der Waals surface area contributed by atoms with Gasteiger partial charge in [-0.3, -0.25) is 0 Å². The molecule has 0 amide bonds. The molecule has 0 fully saturated rings. The molecular weight excluding hydrogens is 741 g/mol. The summed E-state index contributed by atoms with van der Waals surface area (Å²) in [5.74, 6) is 0. The molecule has 0 saturated carbocycles. The minimum Gasteiger partial charge on any atom is -0.456 e. The fraction of sp³-hybridized carbons (Fsp3) is 0. The van der Waals surface area contributed by atoms with Gasteiger partial charge in [0.15, 0.2) is 0 Å². The lowest BCUT2D eigenvalue weighted by molar-refractivity contribution is 0.669. The zero-order valence-corrected chi connectivity index (χ0v) is 33.2. The Labute approximate surface area is 353 Å². The van der Waals surface area contributed by atoms with E-state index in [4.69, 9.17) is 4.42 Å². The van der Waals surface area contributed by atoms with E-state index in [1.807, 2.05) is 0 Å². The molecule has 61 heavy (non-hydrogen) atoms. The van der Waals surface area contributed by atoms with E-state index in [0.29, 0.717) is 0 Å². The third-order valence-corrected chi connectivity index (χ3v) is 12.2. The van der Waals surface area contributed by atoms with Crippen LogP contribution in [-0.2, 0) is 0 Å². The Balaban J connectivity index is 0.960. The Kier molecular flexibility index (Phi) is 8.17. The van der Waals surface area contributed by atoms with Crippen molar-refractivity contribution in [2.75, 3.05) is 4.90 Å². The van der Waals surface area contributed by atoms with Gasteiger partial charge < -0.3 is 13.9 Å². The summed E-state index contributed by atoms with van der Waals surface area (Å²) >= 11 is 0. The van der Waals surface area contributed by atoms with Gasteiger partial charge in [0.2, 0.25) is 0 Å². The highest BCUT2D eigenvalue weighted by Crippen LogP contribution is 2.43. The summed E-state index contributed by atoms with van der Waals surface area (Å²) in [5.41, 5.74) is 15.6. The largest absolute Gasteiger partial charge is 0.456 e. The molecule has 0 N–H and O–H groups in total. The molecule has 286 valence electrons. The number of hydrogen-bond donors (Lipinski definition) is 0. The van der Waals surface area contributed by atoms with Crippen molar-refractivity contribution in [1.82, 2.24) is 4.57 Å². The van der Waals surface area contributed by atoms with Crippen molar-refractivity contribution < 1.29 is 4.42 Å². The number of rotatable bonds is 7. The number of furan rings is 1. The van der Waals surface area contributed by atoms with Gasteiger partial charge in [0, 0.05) is 49.9 Å². The average molecular weight is 779 g/mol. The first-order valence-electron chi connectivity index (χ1n) is 20.8. The first-order valence-corrected chi connectivity index (χ1v) is 20.8. The van der Waals surface area contributed by atoms with Crippen molar-refractivity contribution in [3.63, 3.8) is 0 Å². The van der Waals surface area contributed by atoms with Crippen molar-refractivity contribution in [3.8, 4) is 39.1 Å². The average Bonchev–Trinajstić information content (AvgIpc) is 3.89. The molecule has 0 aliphatic rings. The van der Waals surface area contributed by atoms with E-state index in [9.17, 15) is 0 Å². The molecule has 2 heterocycles. The normalized spacial score (nSPS) is 11.6. The Morgan fingerprint density at radius 3 is 1.67 bits per heavy atom. The molecule has 0 aliphatic carbocycles. The molecular formula is C58H38N2O. The van der Waals surface area contributed by atoms with Crippen molar-refractivity contribution in [1.29, 1.82) is 0 Å². The maximum absolute atomic E-state index is 6.75. The van der Waals surface area contributed by atoms with Crippen molar-refractivity contribution in [2.24, 2.45) is 0 Å². The van der Waals surface area contributed by atoms with Crippen LogP contribution in [0.15, 0.2) is 235 Å². The molecule has 0 bridgehead atoms. The molecule has 2 aromatic heterocycles. The topological polar surface area (TPSA) is 21.3 Å². The van der Waals surface area contributed by atoms with E-state index in [-0.39, 0.29) is 0 Å². The second-order valence-electron chi connectivity index (χ2n) is 15.7. The molecule has 0 saturated heterocycles. The molecule has 10 aromatic carbocycles. The highest BCUT2D eigenvalue weighted by Gasteiger charge is 2.19. The van der Waals surface area contributed by atoms with Crippen LogP contribution in [0.3, 0.4) is 0 Å². The van der Waals surface area contributed by atoms with Crippen LogP contribution in [0.25, 0.3) is 93.6 Å². The fourth-order valence-electron chi connectivity index (χ4n) is 9.30. The summed E-state index contributed by atoms with van der Waals surface area (Å²) in [6, 6.07) is 82.7. The van der Waals surface area contributed by atoms with Crippen LogP contribution in [0.5, 0.6) is 0 Å². The Bertz CT molecular complexity index is 3550. The minimum absolute atomic E-state index is 0.872. The Morgan fingerprint density at radius 1 is 0.344 bits per heavy atom. The lowest BCUT2D eigenvalue weighted by atomic mass is 9.98. The zero-order valence-electron chi connectivity index (χ0n) is 33.2. The molecule has 0 radical (unpaired) electrons. The van der Waals surface area contributed by atoms with E-state index in [1.165, 1.54) is 55.0 Å². The smallest absolute Gasteiger partial charge is 0.136 e. The second kappa shape index (κ2) is 14.3. The first kappa shape index (κ1) is 34.9. The summed E-state index contributed by atoms with van der Waals surface area (Å²) in [6.07, 6.45) is 0. The lowest BCUT2D eigenvalue weighted by Crippen LogP contribution is -2.09. The highest BCUT2D eigenvalue weighted by molar-refractivity contribution is 6.20. The molecule has 0 unspecified atom stereocenters. The van der Waals surface area contributed by atoms with Crippen LogP contribution >= 0.6 is 0 Å². The summed E-state index contributed by atoms with van der Waals surface area (Å²) in [5, 5.41) is 7.03. The van der Waals surface area contributed by atoms with Crippen LogP contribution in [0.1, 0.15) is 0 Å². The number of para-hydroxylation sites is 4. The molecule has 3 heteroatoms.